The molecule has 0 radical (unpaired) electrons. The Hall–Kier alpha value is -3.22. The summed E-state index contributed by atoms with van der Waals surface area (Å²) in [6, 6.07) is 12.7. The van der Waals surface area contributed by atoms with Gasteiger partial charge in [-0.25, -0.2) is 0 Å². The summed E-state index contributed by atoms with van der Waals surface area (Å²) in [5, 5.41) is 2.85. The standard InChI is InChI=1S/C23H24N2O5/c26-22(21-14-29-19-6-1-2-7-20(19)30-21)24-15-8-9-18-17(13-15)23(27)25-11-4-3-5-16(25)10-12-28-18/h1-2,6-9,13,16,21H,3-5,10-12,14H2,(H,24,26). The van der Waals surface area contributed by atoms with Crippen LogP contribution in [-0.4, -0.2) is 48.6 Å². The summed E-state index contributed by atoms with van der Waals surface area (Å²) < 4.78 is 17.3. The van der Waals surface area contributed by atoms with Crippen LogP contribution in [0.15, 0.2) is 42.5 Å². The molecule has 1 fully saturated rings. The molecule has 1 N–H and O–H groups in total. The van der Waals surface area contributed by atoms with Gasteiger partial charge in [0.05, 0.1) is 12.2 Å². The van der Waals surface area contributed by atoms with E-state index in [9.17, 15) is 9.59 Å². The van der Waals surface area contributed by atoms with E-state index in [1.165, 1.54) is 0 Å². The lowest BCUT2D eigenvalue weighted by Crippen LogP contribution is -2.45. The minimum atomic E-state index is -0.764. The van der Waals surface area contributed by atoms with Crippen LogP contribution in [0.25, 0.3) is 0 Å². The molecular weight excluding hydrogens is 384 g/mol. The van der Waals surface area contributed by atoms with Crippen LogP contribution in [0.5, 0.6) is 17.2 Å². The Bertz CT molecular complexity index is 976. The molecule has 2 amide bonds. The summed E-state index contributed by atoms with van der Waals surface area (Å²) in [5.74, 6) is 1.38. The SMILES string of the molecule is O=C(Nc1ccc2c(c1)C(=O)N1CCCCC1CCO2)C1COc2ccccc2O1. The lowest BCUT2D eigenvalue weighted by atomic mass is 9.97. The van der Waals surface area contributed by atoms with E-state index in [-0.39, 0.29) is 24.5 Å². The molecule has 0 aromatic heterocycles. The maximum Gasteiger partial charge on any atom is 0.269 e. The van der Waals surface area contributed by atoms with Gasteiger partial charge in [0.25, 0.3) is 11.8 Å². The quantitative estimate of drug-likeness (QED) is 0.826. The molecule has 2 unspecified atom stereocenters. The first-order valence-electron chi connectivity index (χ1n) is 10.5. The van der Waals surface area contributed by atoms with Crippen molar-refractivity contribution in [3.8, 4) is 17.2 Å². The Balaban J connectivity index is 1.34. The van der Waals surface area contributed by atoms with Gasteiger partial charge < -0.3 is 24.4 Å². The van der Waals surface area contributed by atoms with E-state index < -0.39 is 6.10 Å². The monoisotopic (exact) mass is 408 g/mol. The van der Waals surface area contributed by atoms with Gasteiger partial charge in [0.15, 0.2) is 11.5 Å². The van der Waals surface area contributed by atoms with Crippen LogP contribution in [0, 0.1) is 0 Å². The van der Waals surface area contributed by atoms with E-state index in [0.717, 1.165) is 32.2 Å². The molecule has 0 saturated carbocycles. The highest BCUT2D eigenvalue weighted by molar-refractivity contribution is 6.00. The van der Waals surface area contributed by atoms with Crippen LogP contribution in [-0.2, 0) is 4.79 Å². The van der Waals surface area contributed by atoms with Gasteiger partial charge in [0.2, 0.25) is 6.10 Å². The number of carbonyl (C=O) groups excluding carboxylic acids is 2. The third-order valence-electron chi connectivity index (χ3n) is 5.88. The predicted octanol–water partition coefficient (Wildman–Crippen LogP) is 3.24. The van der Waals surface area contributed by atoms with Crippen LogP contribution in [0.1, 0.15) is 36.0 Å². The number of hydrogen-bond donors (Lipinski definition) is 1. The summed E-state index contributed by atoms with van der Waals surface area (Å²) in [6.07, 6.45) is 3.27. The Morgan fingerprint density at radius 1 is 1.00 bits per heavy atom. The Kier molecular flexibility index (Phi) is 4.94. The molecule has 30 heavy (non-hydrogen) atoms. The second-order valence-electron chi connectivity index (χ2n) is 7.85. The molecule has 3 aliphatic heterocycles. The van der Waals surface area contributed by atoms with Crippen molar-refractivity contribution in [2.75, 3.05) is 25.1 Å². The van der Waals surface area contributed by atoms with Crippen molar-refractivity contribution < 1.29 is 23.8 Å². The number of ether oxygens (including phenoxy) is 3. The van der Waals surface area contributed by atoms with Gasteiger partial charge in [-0.2, -0.15) is 0 Å². The first kappa shape index (κ1) is 18.8. The zero-order valence-electron chi connectivity index (χ0n) is 16.6. The fourth-order valence-corrected chi connectivity index (χ4v) is 4.30. The summed E-state index contributed by atoms with van der Waals surface area (Å²) in [7, 11) is 0. The molecule has 1 saturated heterocycles. The molecule has 156 valence electrons. The van der Waals surface area contributed by atoms with Gasteiger partial charge in [0.1, 0.15) is 12.4 Å². The number of fused-ring (bicyclic) bond motifs is 3. The lowest BCUT2D eigenvalue weighted by Gasteiger charge is -2.37. The molecule has 2 aromatic carbocycles. The smallest absolute Gasteiger partial charge is 0.269 e. The molecule has 0 spiro atoms. The average Bonchev–Trinajstić information content (AvgIpc) is 2.78. The number of hydrogen-bond acceptors (Lipinski definition) is 5. The minimum absolute atomic E-state index is 0.0309. The van der Waals surface area contributed by atoms with Crippen LogP contribution in [0.3, 0.4) is 0 Å². The largest absolute Gasteiger partial charge is 0.493 e. The number of carbonyl (C=O) groups is 2. The predicted molar refractivity (Wildman–Crippen MR) is 110 cm³/mol. The van der Waals surface area contributed by atoms with Gasteiger partial charge in [-0.3, -0.25) is 9.59 Å². The van der Waals surface area contributed by atoms with Gasteiger partial charge in [-0.15, -0.1) is 0 Å². The maximum atomic E-state index is 13.2. The normalized spacial score (nSPS) is 22.7. The zero-order valence-corrected chi connectivity index (χ0v) is 16.6. The van der Waals surface area contributed by atoms with Crippen LogP contribution in [0.4, 0.5) is 5.69 Å². The molecule has 7 nitrogen and oxygen atoms in total. The Morgan fingerprint density at radius 2 is 1.87 bits per heavy atom. The van der Waals surface area contributed by atoms with Crippen molar-refractivity contribution >= 4 is 17.5 Å². The van der Waals surface area contributed by atoms with E-state index in [0.29, 0.717) is 35.1 Å². The fourth-order valence-electron chi connectivity index (χ4n) is 4.30. The molecule has 0 aliphatic carbocycles. The highest BCUT2D eigenvalue weighted by Crippen LogP contribution is 2.33. The van der Waals surface area contributed by atoms with Gasteiger partial charge >= 0.3 is 0 Å². The number of benzene rings is 2. The number of rotatable bonds is 2. The summed E-state index contributed by atoms with van der Waals surface area (Å²) in [6.45, 7) is 1.48. The van der Waals surface area contributed by atoms with E-state index in [2.05, 4.69) is 5.32 Å². The van der Waals surface area contributed by atoms with Gasteiger partial charge in [0, 0.05) is 24.7 Å². The van der Waals surface area contributed by atoms with Crippen molar-refractivity contribution in [1.29, 1.82) is 0 Å². The van der Waals surface area contributed by atoms with Crippen molar-refractivity contribution in [3.05, 3.63) is 48.0 Å². The summed E-state index contributed by atoms with van der Waals surface area (Å²) in [4.78, 5) is 27.9. The van der Waals surface area contributed by atoms with Crippen LogP contribution < -0.4 is 19.5 Å². The lowest BCUT2D eigenvalue weighted by molar-refractivity contribution is -0.125. The molecule has 2 atom stereocenters. The first-order valence-corrected chi connectivity index (χ1v) is 10.5. The number of amides is 2. The minimum Gasteiger partial charge on any atom is -0.493 e. The third-order valence-corrected chi connectivity index (χ3v) is 5.88. The second kappa shape index (κ2) is 7.89. The van der Waals surface area contributed by atoms with Crippen molar-refractivity contribution in [3.63, 3.8) is 0 Å². The number of nitrogens with one attached hydrogen (secondary N) is 1. The average molecular weight is 408 g/mol. The fraction of sp³-hybridized carbons (Fsp3) is 0.391. The first-order chi connectivity index (χ1) is 14.7. The summed E-state index contributed by atoms with van der Waals surface area (Å²) >= 11 is 0. The molecule has 2 aromatic rings. The second-order valence-corrected chi connectivity index (χ2v) is 7.85. The van der Waals surface area contributed by atoms with Crippen molar-refractivity contribution in [1.82, 2.24) is 4.90 Å². The number of anilines is 1. The van der Waals surface area contributed by atoms with Crippen molar-refractivity contribution in [2.45, 2.75) is 37.8 Å². The maximum absolute atomic E-state index is 13.2. The molecule has 7 heteroatoms. The van der Waals surface area contributed by atoms with Gasteiger partial charge in [-0.05, 0) is 49.6 Å². The van der Waals surface area contributed by atoms with E-state index in [1.807, 2.05) is 17.0 Å². The van der Waals surface area contributed by atoms with Crippen LogP contribution in [0.2, 0.25) is 0 Å². The van der Waals surface area contributed by atoms with E-state index in [1.54, 1.807) is 30.3 Å². The number of para-hydroxylation sites is 2. The number of piperidine rings is 1. The highest BCUT2D eigenvalue weighted by Gasteiger charge is 2.32. The molecular formula is C23H24N2O5. The third kappa shape index (κ3) is 3.56. The topological polar surface area (TPSA) is 77.1 Å². The Morgan fingerprint density at radius 3 is 2.77 bits per heavy atom. The van der Waals surface area contributed by atoms with Crippen LogP contribution >= 0.6 is 0 Å². The molecule has 5 rings (SSSR count). The Labute approximate surface area is 174 Å². The van der Waals surface area contributed by atoms with Gasteiger partial charge in [-0.1, -0.05) is 12.1 Å². The van der Waals surface area contributed by atoms with E-state index >= 15 is 0 Å². The number of nitrogens with zero attached hydrogens (tertiary/aromatic N) is 1. The zero-order chi connectivity index (χ0) is 20.5. The molecule has 0 bridgehead atoms. The molecule has 3 aliphatic rings. The van der Waals surface area contributed by atoms with Crippen molar-refractivity contribution in [2.24, 2.45) is 0 Å². The molecule has 3 heterocycles. The van der Waals surface area contributed by atoms with E-state index in [4.69, 9.17) is 14.2 Å². The highest BCUT2D eigenvalue weighted by atomic mass is 16.6. The summed E-state index contributed by atoms with van der Waals surface area (Å²) in [5.41, 5.74) is 1.03.